The molecule has 0 unspecified atom stereocenters. The van der Waals surface area contributed by atoms with Gasteiger partial charge in [0.2, 0.25) is 0 Å². The number of hydrogen-bond acceptors (Lipinski definition) is 0. The molecule has 0 saturated heterocycles. The summed E-state index contributed by atoms with van der Waals surface area (Å²) in [5.74, 6) is 0. The van der Waals surface area contributed by atoms with Gasteiger partial charge in [-0.3, -0.25) is 0 Å². The zero-order valence-corrected chi connectivity index (χ0v) is 9.07. The van der Waals surface area contributed by atoms with Gasteiger partial charge >= 0.3 is 0 Å². The van der Waals surface area contributed by atoms with Crippen molar-refractivity contribution < 1.29 is 0 Å². The first-order chi connectivity index (χ1) is 4.93. The topological polar surface area (TPSA) is 4.93 Å². The predicted octanol–water partition coefficient (Wildman–Crippen LogP) is 3.31. The van der Waals surface area contributed by atoms with Gasteiger partial charge in [0.25, 0.3) is 0 Å². The monoisotopic (exact) mass is 215 g/mol. The molecule has 1 aromatic rings. The Bertz CT molecular complexity index is 255. The molecule has 11 heavy (non-hydrogen) atoms. The molecule has 2 heteroatoms. The minimum Gasteiger partial charge on any atom is -0.345 e. The summed E-state index contributed by atoms with van der Waals surface area (Å²) in [4.78, 5) is 0. The molecule has 0 atom stereocenters. The molecule has 0 spiro atoms. The van der Waals surface area contributed by atoms with Gasteiger partial charge in [0.15, 0.2) is 0 Å². The van der Waals surface area contributed by atoms with E-state index in [0.29, 0.717) is 0 Å². The second-order valence-corrected chi connectivity index (χ2v) is 4.64. The van der Waals surface area contributed by atoms with E-state index in [4.69, 9.17) is 0 Å². The molecule has 0 aliphatic carbocycles. The molecule has 0 radical (unpaired) electrons. The van der Waals surface area contributed by atoms with Crippen molar-refractivity contribution in [2.75, 3.05) is 0 Å². The van der Waals surface area contributed by atoms with Crippen molar-refractivity contribution in [3.8, 4) is 0 Å². The summed E-state index contributed by atoms with van der Waals surface area (Å²) >= 11 is 3.49. The maximum absolute atomic E-state index is 3.49. The maximum atomic E-state index is 3.49. The molecule has 0 aliphatic heterocycles. The Kier molecular flexibility index (Phi) is 2.15. The van der Waals surface area contributed by atoms with E-state index in [1.54, 1.807) is 0 Å². The number of nitrogens with zero attached hydrogens (tertiary/aromatic N) is 1. The van der Waals surface area contributed by atoms with Gasteiger partial charge in [0.05, 0.1) is 0 Å². The molecule has 1 rings (SSSR count). The zero-order valence-electron chi connectivity index (χ0n) is 7.48. The summed E-state index contributed by atoms with van der Waals surface area (Å²) in [5.41, 5.74) is 1.48. The molecule has 62 valence electrons. The minimum absolute atomic E-state index is 0.191. The predicted molar refractivity (Wildman–Crippen MR) is 51.9 cm³/mol. The number of hydrogen-bond donors (Lipinski definition) is 0. The highest BCUT2D eigenvalue weighted by Gasteiger charge is 2.14. The highest BCUT2D eigenvalue weighted by Crippen LogP contribution is 2.23. The van der Waals surface area contributed by atoms with Crippen LogP contribution in [-0.2, 0) is 5.54 Å². The molecule has 0 saturated carbocycles. The van der Waals surface area contributed by atoms with Crippen LogP contribution in [0.2, 0.25) is 0 Å². The fraction of sp³-hybridized carbons (Fsp3) is 0.556. The fourth-order valence-corrected chi connectivity index (χ4v) is 1.52. The van der Waals surface area contributed by atoms with Crippen LogP contribution >= 0.6 is 15.9 Å². The van der Waals surface area contributed by atoms with Crippen LogP contribution in [0.5, 0.6) is 0 Å². The molecular formula is C9H14BrN. The SMILES string of the molecule is Cc1c(Br)ccn1C(C)(C)C. The lowest BCUT2D eigenvalue weighted by molar-refractivity contribution is 0.390. The highest BCUT2D eigenvalue weighted by molar-refractivity contribution is 9.10. The van der Waals surface area contributed by atoms with E-state index in [-0.39, 0.29) is 5.54 Å². The van der Waals surface area contributed by atoms with Crippen molar-refractivity contribution in [2.24, 2.45) is 0 Å². The second-order valence-electron chi connectivity index (χ2n) is 3.79. The summed E-state index contributed by atoms with van der Waals surface area (Å²) in [5, 5.41) is 0. The molecule has 0 bridgehead atoms. The lowest BCUT2D eigenvalue weighted by atomic mass is 10.1. The van der Waals surface area contributed by atoms with Crippen LogP contribution in [-0.4, -0.2) is 4.57 Å². The van der Waals surface area contributed by atoms with Gasteiger partial charge in [-0.05, 0) is 49.7 Å². The van der Waals surface area contributed by atoms with Gasteiger partial charge in [-0.15, -0.1) is 0 Å². The van der Waals surface area contributed by atoms with Gasteiger partial charge in [-0.2, -0.15) is 0 Å². The van der Waals surface area contributed by atoms with E-state index < -0.39 is 0 Å². The number of rotatable bonds is 0. The molecule has 0 N–H and O–H groups in total. The Hall–Kier alpha value is -0.240. The van der Waals surface area contributed by atoms with E-state index in [9.17, 15) is 0 Å². The van der Waals surface area contributed by atoms with Gasteiger partial charge in [-0.25, -0.2) is 0 Å². The third kappa shape index (κ3) is 1.67. The average molecular weight is 216 g/mol. The molecule has 0 amide bonds. The van der Waals surface area contributed by atoms with Crippen molar-refractivity contribution in [2.45, 2.75) is 33.2 Å². The second kappa shape index (κ2) is 2.67. The van der Waals surface area contributed by atoms with Crippen LogP contribution in [0, 0.1) is 6.92 Å². The van der Waals surface area contributed by atoms with E-state index >= 15 is 0 Å². The highest BCUT2D eigenvalue weighted by atomic mass is 79.9. The van der Waals surface area contributed by atoms with E-state index in [1.807, 2.05) is 0 Å². The number of halogens is 1. The maximum Gasteiger partial charge on any atom is 0.0381 e. The zero-order chi connectivity index (χ0) is 8.65. The first-order valence-corrected chi connectivity index (χ1v) is 4.56. The molecule has 1 aromatic heterocycles. The third-order valence-corrected chi connectivity index (χ3v) is 2.64. The smallest absolute Gasteiger partial charge is 0.0381 e. The first-order valence-electron chi connectivity index (χ1n) is 3.77. The molecule has 1 heterocycles. The Labute approximate surface area is 76.5 Å². The van der Waals surface area contributed by atoms with Crippen molar-refractivity contribution >= 4 is 15.9 Å². The van der Waals surface area contributed by atoms with Gasteiger partial charge in [0.1, 0.15) is 0 Å². The molecule has 0 fully saturated rings. The number of aromatic nitrogens is 1. The Morgan fingerprint density at radius 1 is 1.36 bits per heavy atom. The van der Waals surface area contributed by atoms with Crippen LogP contribution in [0.25, 0.3) is 0 Å². The van der Waals surface area contributed by atoms with Gasteiger partial charge in [-0.1, -0.05) is 0 Å². The molecule has 1 nitrogen and oxygen atoms in total. The summed E-state index contributed by atoms with van der Waals surface area (Å²) in [6, 6.07) is 2.08. The van der Waals surface area contributed by atoms with Crippen LogP contribution in [0.3, 0.4) is 0 Å². The minimum atomic E-state index is 0.191. The normalized spacial score (nSPS) is 12.1. The lowest BCUT2D eigenvalue weighted by Crippen LogP contribution is -2.21. The van der Waals surface area contributed by atoms with Crippen molar-refractivity contribution in [3.63, 3.8) is 0 Å². The molecule has 0 aromatic carbocycles. The molecular weight excluding hydrogens is 202 g/mol. The van der Waals surface area contributed by atoms with E-state index in [1.165, 1.54) is 10.2 Å². The lowest BCUT2D eigenvalue weighted by Gasteiger charge is -2.23. The quantitative estimate of drug-likeness (QED) is 0.626. The Morgan fingerprint density at radius 2 is 1.91 bits per heavy atom. The van der Waals surface area contributed by atoms with Crippen LogP contribution in [0.1, 0.15) is 26.5 Å². The Morgan fingerprint density at radius 3 is 2.09 bits per heavy atom. The summed E-state index contributed by atoms with van der Waals surface area (Å²) in [6.45, 7) is 8.72. The summed E-state index contributed by atoms with van der Waals surface area (Å²) in [6.07, 6.45) is 2.11. The standard InChI is InChI=1S/C9H14BrN/c1-7-8(10)5-6-11(7)9(2,3)4/h5-6H,1-4H3. The van der Waals surface area contributed by atoms with Crippen LogP contribution in [0.15, 0.2) is 16.7 Å². The summed E-state index contributed by atoms with van der Waals surface area (Å²) in [7, 11) is 0. The first kappa shape index (κ1) is 8.85. The largest absolute Gasteiger partial charge is 0.345 e. The average Bonchev–Trinajstić information content (AvgIpc) is 2.11. The van der Waals surface area contributed by atoms with Crippen LogP contribution in [0.4, 0.5) is 0 Å². The van der Waals surface area contributed by atoms with E-state index in [0.717, 1.165) is 0 Å². The summed E-state index contributed by atoms with van der Waals surface area (Å²) < 4.78 is 3.45. The van der Waals surface area contributed by atoms with Crippen LogP contribution < -0.4 is 0 Å². The Balaban J connectivity index is 3.15. The van der Waals surface area contributed by atoms with Crippen molar-refractivity contribution in [3.05, 3.63) is 22.4 Å². The van der Waals surface area contributed by atoms with Gasteiger partial charge < -0.3 is 4.57 Å². The molecule has 0 aliphatic rings. The third-order valence-electron chi connectivity index (χ3n) is 1.80. The van der Waals surface area contributed by atoms with Crippen molar-refractivity contribution in [1.82, 2.24) is 4.57 Å². The van der Waals surface area contributed by atoms with E-state index in [2.05, 4.69) is 60.5 Å². The van der Waals surface area contributed by atoms with Crippen molar-refractivity contribution in [1.29, 1.82) is 0 Å². The van der Waals surface area contributed by atoms with Gasteiger partial charge in [0, 0.05) is 21.9 Å². The fourth-order valence-electron chi connectivity index (χ4n) is 1.21.